The first-order chi connectivity index (χ1) is 16.8. The lowest BCUT2D eigenvalue weighted by molar-refractivity contribution is -0.384. The molecule has 0 bridgehead atoms. The molecular formula is C24H21ClN4O6. The van der Waals surface area contributed by atoms with Gasteiger partial charge in [-0.3, -0.25) is 19.7 Å². The highest BCUT2D eigenvalue weighted by atomic mass is 35.5. The molecular weight excluding hydrogens is 476 g/mol. The smallest absolute Gasteiger partial charge is 0.271 e. The Kier molecular flexibility index (Phi) is 8.36. The number of nitro benzene ring substituents is 1. The van der Waals surface area contributed by atoms with E-state index in [1.54, 1.807) is 12.1 Å². The summed E-state index contributed by atoms with van der Waals surface area (Å²) in [6, 6.07) is 15.7. The molecule has 180 valence electrons. The zero-order valence-corrected chi connectivity index (χ0v) is 19.5. The maximum absolute atomic E-state index is 12.2. The van der Waals surface area contributed by atoms with Crippen molar-refractivity contribution in [3.05, 3.63) is 92.5 Å². The van der Waals surface area contributed by atoms with Crippen molar-refractivity contribution in [3.63, 3.8) is 0 Å². The number of nitro groups is 1. The van der Waals surface area contributed by atoms with Crippen LogP contribution < -0.4 is 20.2 Å². The summed E-state index contributed by atoms with van der Waals surface area (Å²) in [7, 11) is 1.41. The minimum absolute atomic E-state index is 0.0830. The summed E-state index contributed by atoms with van der Waals surface area (Å²) >= 11 is 6.31. The van der Waals surface area contributed by atoms with Gasteiger partial charge in [0.2, 0.25) is 0 Å². The van der Waals surface area contributed by atoms with Crippen molar-refractivity contribution in [2.24, 2.45) is 5.10 Å². The molecule has 0 aliphatic carbocycles. The van der Waals surface area contributed by atoms with Crippen LogP contribution in [-0.4, -0.2) is 36.7 Å². The molecule has 0 saturated heterocycles. The third kappa shape index (κ3) is 7.02. The number of methoxy groups -OCH3 is 1. The topological polar surface area (TPSA) is 132 Å². The van der Waals surface area contributed by atoms with Crippen LogP contribution in [0.3, 0.4) is 0 Å². The fourth-order valence-electron chi connectivity index (χ4n) is 3.00. The number of nitrogens with one attached hydrogen (secondary N) is 2. The Hall–Kier alpha value is -4.44. The Morgan fingerprint density at radius 1 is 1.14 bits per heavy atom. The number of benzene rings is 3. The fourth-order valence-corrected chi connectivity index (χ4v) is 3.28. The van der Waals surface area contributed by atoms with Crippen LogP contribution in [0.5, 0.6) is 11.5 Å². The molecule has 0 atom stereocenters. The summed E-state index contributed by atoms with van der Waals surface area (Å²) in [5.74, 6) is -0.565. The first kappa shape index (κ1) is 25.2. The van der Waals surface area contributed by atoms with Crippen molar-refractivity contribution in [1.29, 1.82) is 0 Å². The highest BCUT2D eigenvalue weighted by molar-refractivity contribution is 6.32. The van der Waals surface area contributed by atoms with Gasteiger partial charge in [-0.25, -0.2) is 5.43 Å². The van der Waals surface area contributed by atoms with Crippen molar-refractivity contribution in [3.8, 4) is 11.5 Å². The quantitative estimate of drug-likeness (QED) is 0.257. The lowest BCUT2D eigenvalue weighted by Gasteiger charge is -2.13. The molecule has 0 saturated carbocycles. The summed E-state index contributed by atoms with van der Waals surface area (Å²) < 4.78 is 10.9. The van der Waals surface area contributed by atoms with Crippen LogP contribution in [0.4, 0.5) is 11.4 Å². The summed E-state index contributed by atoms with van der Waals surface area (Å²) in [6.07, 6.45) is 1.32. The molecule has 3 aromatic carbocycles. The zero-order chi connectivity index (χ0) is 25.4. The van der Waals surface area contributed by atoms with Crippen LogP contribution >= 0.6 is 11.6 Å². The van der Waals surface area contributed by atoms with E-state index in [-0.39, 0.29) is 40.3 Å². The van der Waals surface area contributed by atoms with Crippen LogP contribution in [0.1, 0.15) is 21.5 Å². The van der Waals surface area contributed by atoms with Crippen molar-refractivity contribution in [1.82, 2.24) is 5.43 Å². The summed E-state index contributed by atoms with van der Waals surface area (Å²) in [4.78, 5) is 34.7. The van der Waals surface area contributed by atoms with Gasteiger partial charge in [-0.2, -0.15) is 5.10 Å². The van der Waals surface area contributed by atoms with E-state index in [9.17, 15) is 19.7 Å². The molecule has 0 aliphatic rings. The van der Waals surface area contributed by atoms with Crippen LogP contribution in [0.25, 0.3) is 0 Å². The van der Waals surface area contributed by atoms with E-state index >= 15 is 0 Å². The van der Waals surface area contributed by atoms with E-state index in [1.165, 1.54) is 37.6 Å². The Morgan fingerprint density at radius 3 is 2.63 bits per heavy atom. The number of carbonyl (C=O) groups excluding carboxylic acids is 2. The van der Waals surface area contributed by atoms with Crippen molar-refractivity contribution >= 4 is 41.0 Å². The number of carbonyl (C=O) groups is 2. The summed E-state index contributed by atoms with van der Waals surface area (Å²) in [6.45, 7) is 1.62. The van der Waals surface area contributed by atoms with E-state index < -0.39 is 10.8 Å². The Bertz CT molecular complexity index is 1290. The number of hydrogen-bond donors (Lipinski definition) is 2. The van der Waals surface area contributed by atoms with E-state index in [2.05, 4.69) is 15.8 Å². The number of rotatable bonds is 9. The number of nitrogens with zero attached hydrogens (tertiary/aromatic N) is 2. The number of hydrogen-bond acceptors (Lipinski definition) is 7. The number of anilines is 1. The van der Waals surface area contributed by atoms with E-state index in [1.807, 2.05) is 25.1 Å². The molecule has 0 aromatic heterocycles. The van der Waals surface area contributed by atoms with E-state index in [4.69, 9.17) is 21.1 Å². The normalized spacial score (nSPS) is 10.6. The third-order valence-electron chi connectivity index (χ3n) is 4.60. The molecule has 11 heteroatoms. The van der Waals surface area contributed by atoms with Gasteiger partial charge in [-0.05, 0) is 48.4 Å². The molecule has 0 heterocycles. The zero-order valence-electron chi connectivity index (χ0n) is 18.8. The standard InChI is InChI=1S/C24H21ClN4O6/c1-15-5-3-7-18(9-15)27-22(30)14-35-23-20(25)10-16(11-21(23)34-2)13-26-28-24(31)17-6-4-8-19(12-17)29(32)33/h3-13H,14H2,1-2H3,(H,27,30)(H,28,31)/b26-13+. The van der Waals surface area contributed by atoms with Gasteiger partial charge >= 0.3 is 0 Å². The lowest BCUT2D eigenvalue weighted by Crippen LogP contribution is -2.20. The number of halogens is 1. The Balaban J connectivity index is 1.64. The number of amides is 2. The number of hydrazone groups is 1. The first-order valence-corrected chi connectivity index (χ1v) is 10.6. The van der Waals surface area contributed by atoms with Crippen LogP contribution in [0, 0.1) is 17.0 Å². The maximum Gasteiger partial charge on any atom is 0.271 e. The molecule has 0 unspecified atom stereocenters. The third-order valence-corrected chi connectivity index (χ3v) is 4.88. The van der Waals surface area contributed by atoms with Gasteiger partial charge < -0.3 is 14.8 Å². The van der Waals surface area contributed by atoms with Gasteiger partial charge in [-0.15, -0.1) is 0 Å². The van der Waals surface area contributed by atoms with Gasteiger partial charge in [0.15, 0.2) is 18.1 Å². The summed E-state index contributed by atoms with van der Waals surface area (Å²) in [5, 5.41) is 17.6. The fraction of sp³-hybridized carbons (Fsp3) is 0.125. The Labute approximate surface area is 205 Å². The van der Waals surface area contributed by atoms with Crippen molar-refractivity contribution in [2.45, 2.75) is 6.92 Å². The number of non-ortho nitro benzene ring substituents is 1. The van der Waals surface area contributed by atoms with Crippen LogP contribution in [0.2, 0.25) is 5.02 Å². The number of aryl methyl sites for hydroxylation is 1. The molecule has 3 rings (SSSR count). The molecule has 0 spiro atoms. The predicted octanol–water partition coefficient (Wildman–Crippen LogP) is 4.35. The average Bonchev–Trinajstić information content (AvgIpc) is 2.83. The largest absolute Gasteiger partial charge is 0.493 e. The molecule has 0 aliphatic heterocycles. The number of ether oxygens (including phenoxy) is 2. The monoisotopic (exact) mass is 496 g/mol. The van der Waals surface area contributed by atoms with Gasteiger partial charge in [0, 0.05) is 23.4 Å². The van der Waals surface area contributed by atoms with Crippen molar-refractivity contribution in [2.75, 3.05) is 19.0 Å². The summed E-state index contributed by atoms with van der Waals surface area (Å²) in [5.41, 5.74) is 4.30. The van der Waals surface area contributed by atoms with Gasteiger partial charge in [0.05, 0.1) is 23.3 Å². The minimum Gasteiger partial charge on any atom is -0.493 e. The molecule has 10 nitrogen and oxygen atoms in total. The van der Waals surface area contributed by atoms with E-state index in [0.29, 0.717) is 11.3 Å². The van der Waals surface area contributed by atoms with Gasteiger partial charge in [0.25, 0.3) is 17.5 Å². The average molecular weight is 497 g/mol. The van der Waals surface area contributed by atoms with Gasteiger partial charge in [-0.1, -0.05) is 29.8 Å². The van der Waals surface area contributed by atoms with E-state index in [0.717, 1.165) is 11.6 Å². The molecule has 0 fully saturated rings. The Morgan fingerprint density at radius 2 is 1.91 bits per heavy atom. The molecule has 35 heavy (non-hydrogen) atoms. The highest BCUT2D eigenvalue weighted by Crippen LogP contribution is 2.36. The lowest BCUT2D eigenvalue weighted by atomic mass is 10.2. The molecule has 2 amide bonds. The highest BCUT2D eigenvalue weighted by Gasteiger charge is 2.14. The van der Waals surface area contributed by atoms with Gasteiger partial charge in [0.1, 0.15) is 0 Å². The first-order valence-electron chi connectivity index (χ1n) is 10.2. The maximum atomic E-state index is 12.2. The predicted molar refractivity (Wildman–Crippen MR) is 131 cm³/mol. The SMILES string of the molecule is COc1cc(/C=N/NC(=O)c2cccc([N+](=O)[O-])c2)cc(Cl)c1OCC(=O)Nc1cccc(C)c1. The van der Waals surface area contributed by atoms with Crippen LogP contribution in [-0.2, 0) is 4.79 Å². The van der Waals surface area contributed by atoms with Crippen molar-refractivity contribution < 1.29 is 24.0 Å². The second kappa shape index (κ2) is 11.6. The molecule has 3 aromatic rings. The second-order valence-corrected chi connectivity index (χ2v) is 7.65. The molecule has 2 N–H and O–H groups in total. The molecule has 0 radical (unpaired) electrons. The van der Waals surface area contributed by atoms with Crippen LogP contribution in [0.15, 0.2) is 65.8 Å². The second-order valence-electron chi connectivity index (χ2n) is 7.25. The minimum atomic E-state index is -0.623.